The van der Waals surface area contributed by atoms with Crippen LogP contribution in [0.25, 0.3) is 0 Å². The Morgan fingerprint density at radius 3 is 2.93 bits per heavy atom. The van der Waals surface area contributed by atoms with Gasteiger partial charge in [0.15, 0.2) is 0 Å². The molecule has 0 bridgehead atoms. The standard InChI is InChI=1S/C11H19N3O/c15-11(13-9-1-2-9)7-14-5-8-3-4-12-10(8)6-14/h8-10,12H,1-7H2,(H,13,15)/t8-,10+/m0/s1. The number of nitrogens with one attached hydrogen (secondary N) is 2. The molecule has 0 spiro atoms. The van der Waals surface area contributed by atoms with E-state index in [0.29, 0.717) is 18.6 Å². The van der Waals surface area contributed by atoms with E-state index >= 15 is 0 Å². The number of hydrogen-bond acceptors (Lipinski definition) is 3. The Balaban J connectivity index is 1.45. The van der Waals surface area contributed by atoms with E-state index in [1.165, 1.54) is 19.3 Å². The topological polar surface area (TPSA) is 44.4 Å². The monoisotopic (exact) mass is 209 g/mol. The van der Waals surface area contributed by atoms with E-state index in [1.54, 1.807) is 0 Å². The van der Waals surface area contributed by atoms with Crippen molar-refractivity contribution in [3.63, 3.8) is 0 Å². The molecule has 1 amide bonds. The molecule has 1 saturated carbocycles. The van der Waals surface area contributed by atoms with Crippen LogP contribution < -0.4 is 10.6 Å². The molecule has 3 fully saturated rings. The molecule has 0 unspecified atom stereocenters. The van der Waals surface area contributed by atoms with Gasteiger partial charge in [-0.25, -0.2) is 0 Å². The molecule has 4 nitrogen and oxygen atoms in total. The van der Waals surface area contributed by atoms with Gasteiger partial charge < -0.3 is 10.6 Å². The molecular formula is C11H19N3O. The number of carbonyl (C=O) groups is 1. The first-order valence-electron chi connectivity index (χ1n) is 6.06. The van der Waals surface area contributed by atoms with Crippen molar-refractivity contribution in [2.24, 2.45) is 5.92 Å². The van der Waals surface area contributed by atoms with Gasteiger partial charge in [-0.05, 0) is 31.7 Å². The maximum atomic E-state index is 11.6. The zero-order valence-electron chi connectivity index (χ0n) is 9.04. The number of amides is 1. The Hall–Kier alpha value is -0.610. The van der Waals surface area contributed by atoms with Crippen molar-refractivity contribution in [2.45, 2.75) is 31.3 Å². The van der Waals surface area contributed by atoms with E-state index in [1.807, 2.05) is 0 Å². The van der Waals surface area contributed by atoms with Crippen molar-refractivity contribution in [1.29, 1.82) is 0 Å². The molecule has 2 N–H and O–H groups in total. The number of fused-ring (bicyclic) bond motifs is 1. The number of rotatable bonds is 3. The van der Waals surface area contributed by atoms with E-state index < -0.39 is 0 Å². The molecule has 2 aliphatic heterocycles. The molecule has 1 aliphatic carbocycles. The zero-order chi connectivity index (χ0) is 10.3. The predicted molar refractivity (Wildman–Crippen MR) is 57.5 cm³/mol. The number of likely N-dealkylation sites (tertiary alicyclic amines) is 1. The highest BCUT2D eigenvalue weighted by Crippen LogP contribution is 2.24. The predicted octanol–water partition coefficient (Wildman–Crippen LogP) is -0.441. The van der Waals surface area contributed by atoms with E-state index in [9.17, 15) is 4.79 Å². The molecule has 2 atom stereocenters. The quantitative estimate of drug-likeness (QED) is 0.662. The highest BCUT2D eigenvalue weighted by atomic mass is 16.2. The Morgan fingerprint density at radius 2 is 2.20 bits per heavy atom. The van der Waals surface area contributed by atoms with Crippen molar-refractivity contribution in [3.05, 3.63) is 0 Å². The van der Waals surface area contributed by atoms with Gasteiger partial charge in [0, 0.05) is 25.2 Å². The zero-order valence-corrected chi connectivity index (χ0v) is 9.04. The van der Waals surface area contributed by atoms with Crippen LogP contribution in [0.4, 0.5) is 0 Å². The molecule has 0 aromatic carbocycles. The first kappa shape index (κ1) is 9.60. The van der Waals surface area contributed by atoms with Gasteiger partial charge >= 0.3 is 0 Å². The van der Waals surface area contributed by atoms with Gasteiger partial charge in [0.25, 0.3) is 0 Å². The number of carbonyl (C=O) groups excluding carboxylic acids is 1. The van der Waals surface area contributed by atoms with Crippen molar-refractivity contribution >= 4 is 5.91 Å². The van der Waals surface area contributed by atoms with Gasteiger partial charge in [-0.3, -0.25) is 9.69 Å². The first-order valence-corrected chi connectivity index (χ1v) is 6.06. The van der Waals surface area contributed by atoms with Crippen LogP contribution in [-0.2, 0) is 4.79 Å². The number of nitrogens with zero attached hydrogens (tertiary/aromatic N) is 1. The summed E-state index contributed by atoms with van der Waals surface area (Å²) in [5, 5.41) is 6.55. The van der Waals surface area contributed by atoms with Gasteiger partial charge in [0.1, 0.15) is 0 Å². The van der Waals surface area contributed by atoms with E-state index in [2.05, 4.69) is 15.5 Å². The second kappa shape index (κ2) is 3.76. The average Bonchev–Trinajstić information content (AvgIpc) is 2.73. The molecule has 2 heterocycles. The molecular weight excluding hydrogens is 190 g/mol. The lowest BCUT2D eigenvalue weighted by Crippen LogP contribution is -2.38. The lowest BCUT2D eigenvalue weighted by atomic mass is 10.1. The third-order valence-electron chi connectivity index (χ3n) is 3.75. The average molecular weight is 209 g/mol. The summed E-state index contributed by atoms with van der Waals surface area (Å²) >= 11 is 0. The minimum absolute atomic E-state index is 0.220. The van der Waals surface area contributed by atoms with Gasteiger partial charge in [-0.2, -0.15) is 0 Å². The summed E-state index contributed by atoms with van der Waals surface area (Å²) in [7, 11) is 0. The number of hydrogen-bond donors (Lipinski definition) is 2. The summed E-state index contributed by atoms with van der Waals surface area (Å²) in [4.78, 5) is 13.9. The van der Waals surface area contributed by atoms with Gasteiger partial charge in [0.2, 0.25) is 5.91 Å². The Kier molecular flexibility index (Phi) is 2.41. The lowest BCUT2D eigenvalue weighted by Gasteiger charge is -2.16. The smallest absolute Gasteiger partial charge is 0.234 e. The van der Waals surface area contributed by atoms with Crippen LogP contribution in [-0.4, -0.2) is 49.1 Å². The first-order chi connectivity index (χ1) is 7.31. The molecule has 84 valence electrons. The Labute approximate surface area is 90.4 Å². The Morgan fingerprint density at radius 1 is 1.33 bits per heavy atom. The summed E-state index contributed by atoms with van der Waals surface area (Å²) in [5.41, 5.74) is 0. The lowest BCUT2D eigenvalue weighted by molar-refractivity contribution is -0.122. The van der Waals surface area contributed by atoms with Crippen LogP contribution in [0.3, 0.4) is 0 Å². The van der Waals surface area contributed by atoms with Crippen LogP contribution in [0.5, 0.6) is 0 Å². The summed E-state index contributed by atoms with van der Waals surface area (Å²) in [6, 6.07) is 1.15. The largest absolute Gasteiger partial charge is 0.352 e. The minimum Gasteiger partial charge on any atom is -0.352 e. The van der Waals surface area contributed by atoms with E-state index in [-0.39, 0.29) is 5.91 Å². The van der Waals surface area contributed by atoms with E-state index in [4.69, 9.17) is 0 Å². The molecule has 3 aliphatic rings. The highest BCUT2D eigenvalue weighted by Gasteiger charge is 2.36. The van der Waals surface area contributed by atoms with Crippen molar-refractivity contribution in [1.82, 2.24) is 15.5 Å². The van der Waals surface area contributed by atoms with Crippen LogP contribution in [0.15, 0.2) is 0 Å². The maximum Gasteiger partial charge on any atom is 0.234 e. The van der Waals surface area contributed by atoms with Crippen molar-refractivity contribution in [2.75, 3.05) is 26.2 Å². The van der Waals surface area contributed by atoms with Crippen LogP contribution in [0.2, 0.25) is 0 Å². The van der Waals surface area contributed by atoms with Gasteiger partial charge in [0.05, 0.1) is 6.54 Å². The molecule has 3 rings (SSSR count). The van der Waals surface area contributed by atoms with Crippen molar-refractivity contribution < 1.29 is 4.79 Å². The van der Waals surface area contributed by atoms with Gasteiger partial charge in [-0.1, -0.05) is 0 Å². The molecule has 0 aromatic rings. The SMILES string of the molecule is O=C(CN1C[C@@H]2CCN[C@@H]2C1)NC1CC1. The fourth-order valence-corrected chi connectivity index (χ4v) is 2.77. The van der Waals surface area contributed by atoms with Crippen LogP contribution >= 0.6 is 0 Å². The van der Waals surface area contributed by atoms with Gasteiger partial charge in [-0.15, -0.1) is 0 Å². The third kappa shape index (κ3) is 2.16. The van der Waals surface area contributed by atoms with Crippen molar-refractivity contribution in [3.8, 4) is 0 Å². The summed E-state index contributed by atoms with van der Waals surface area (Å²) in [5.74, 6) is 1.01. The molecule has 0 aromatic heterocycles. The fraction of sp³-hybridized carbons (Fsp3) is 0.909. The summed E-state index contributed by atoms with van der Waals surface area (Å²) in [6.07, 6.45) is 3.64. The third-order valence-corrected chi connectivity index (χ3v) is 3.75. The van der Waals surface area contributed by atoms with Crippen LogP contribution in [0.1, 0.15) is 19.3 Å². The van der Waals surface area contributed by atoms with Crippen LogP contribution in [0, 0.1) is 5.92 Å². The molecule has 15 heavy (non-hydrogen) atoms. The summed E-state index contributed by atoms with van der Waals surface area (Å²) < 4.78 is 0. The second-order valence-electron chi connectivity index (χ2n) is 5.15. The Bertz CT molecular complexity index is 253. The molecule has 2 saturated heterocycles. The molecule has 0 radical (unpaired) electrons. The second-order valence-corrected chi connectivity index (χ2v) is 5.15. The minimum atomic E-state index is 0.220. The molecule has 4 heteroatoms. The van der Waals surface area contributed by atoms with E-state index in [0.717, 1.165) is 25.6 Å². The fourth-order valence-electron chi connectivity index (χ4n) is 2.77. The highest BCUT2D eigenvalue weighted by molar-refractivity contribution is 5.78. The maximum absolute atomic E-state index is 11.6. The summed E-state index contributed by atoms with van der Waals surface area (Å²) in [6.45, 7) is 3.93. The normalized spacial score (nSPS) is 35.5.